The predicted octanol–water partition coefficient (Wildman–Crippen LogP) is 4.82. The molecular formula is C15H11Cl2F3N4O4S. The van der Waals surface area contributed by atoms with E-state index in [4.69, 9.17) is 27.9 Å². The maximum absolute atomic E-state index is 12.6. The van der Waals surface area contributed by atoms with Gasteiger partial charge in [0.1, 0.15) is 18.0 Å². The Morgan fingerprint density at radius 2 is 2.03 bits per heavy atom. The minimum Gasteiger partial charge on any atom is -0.368 e. The quantitative estimate of drug-likeness (QED) is 0.382. The van der Waals surface area contributed by atoms with E-state index in [1.165, 1.54) is 0 Å². The fourth-order valence-electron chi connectivity index (χ4n) is 2.68. The lowest BCUT2D eigenvalue weighted by atomic mass is 10.2. The molecule has 14 heteroatoms. The smallest absolute Gasteiger partial charge is 0.368 e. The van der Waals surface area contributed by atoms with Crippen LogP contribution in [0.25, 0.3) is 5.69 Å². The standard InChI is InChI=1S/C15H11Cl2F3N4O4S/c16-8-4-7(29-15(18,19)20)5-9(17)12(8)23-13(10(6-21-23)24(26)27)22-14(25)11-2-1-3-28-11/h4-6,11H,1-3H2,(H,22,25). The minimum atomic E-state index is -4.56. The van der Waals surface area contributed by atoms with Crippen LogP contribution in [0.5, 0.6) is 0 Å². The van der Waals surface area contributed by atoms with Gasteiger partial charge >= 0.3 is 11.2 Å². The Hall–Kier alpha value is -2.02. The molecule has 1 unspecified atom stereocenters. The fraction of sp³-hybridized carbons (Fsp3) is 0.333. The molecule has 0 radical (unpaired) electrons. The van der Waals surface area contributed by atoms with Crippen molar-refractivity contribution >= 4 is 52.4 Å². The number of anilines is 1. The molecule has 0 saturated carbocycles. The first-order chi connectivity index (χ1) is 13.6. The summed E-state index contributed by atoms with van der Waals surface area (Å²) in [6, 6.07) is 2.00. The average Bonchev–Trinajstić information content (AvgIpc) is 3.23. The number of hydrogen-bond donors (Lipinski definition) is 1. The first kappa shape index (κ1) is 21.7. The number of nitrogens with one attached hydrogen (secondary N) is 1. The van der Waals surface area contributed by atoms with Crippen LogP contribution in [0.15, 0.2) is 23.2 Å². The van der Waals surface area contributed by atoms with E-state index < -0.39 is 39.9 Å². The SMILES string of the molecule is O=C(Nc1c([N+](=O)[O-])cnn1-c1c(Cl)cc(SC(F)(F)F)cc1Cl)C1CCCO1. The van der Waals surface area contributed by atoms with E-state index >= 15 is 0 Å². The number of halogens is 5. The largest absolute Gasteiger partial charge is 0.446 e. The van der Waals surface area contributed by atoms with Gasteiger partial charge in [0.05, 0.1) is 15.0 Å². The van der Waals surface area contributed by atoms with Gasteiger partial charge in [-0.25, -0.2) is 4.68 Å². The molecule has 1 saturated heterocycles. The van der Waals surface area contributed by atoms with Gasteiger partial charge in [0, 0.05) is 11.5 Å². The highest BCUT2D eigenvalue weighted by Crippen LogP contribution is 2.42. The molecule has 1 N–H and O–H groups in total. The lowest BCUT2D eigenvalue weighted by molar-refractivity contribution is -0.384. The maximum atomic E-state index is 12.6. The summed E-state index contributed by atoms with van der Waals surface area (Å²) in [6.45, 7) is 0.384. The van der Waals surface area contributed by atoms with Gasteiger partial charge in [0.25, 0.3) is 5.91 Å². The maximum Gasteiger partial charge on any atom is 0.446 e. The molecular weight excluding hydrogens is 460 g/mol. The summed E-state index contributed by atoms with van der Waals surface area (Å²) in [7, 11) is 0. The molecule has 8 nitrogen and oxygen atoms in total. The molecule has 1 aliphatic heterocycles. The van der Waals surface area contributed by atoms with E-state index in [1.54, 1.807) is 0 Å². The first-order valence-corrected chi connectivity index (χ1v) is 9.54. The van der Waals surface area contributed by atoms with Gasteiger partial charge < -0.3 is 10.1 Å². The Morgan fingerprint density at radius 1 is 1.38 bits per heavy atom. The van der Waals surface area contributed by atoms with Gasteiger partial charge in [-0.2, -0.15) is 18.3 Å². The second-order valence-electron chi connectivity index (χ2n) is 5.82. The van der Waals surface area contributed by atoms with Crippen molar-refractivity contribution in [1.29, 1.82) is 0 Å². The van der Waals surface area contributed by atoms with Crippen molar-refractivity contribution in [3.8, 4) is 5.69 Å². The number of carbonyl (C=O) groups excluding carboxylic acids is 1. The second kappa shape index (κ2) is 8.38. The second-order valence-corrected chi connectivity index (χ2v) is 7.77. The van der Waals surface area contributed by atoms with E-state index in [9.17, 15) is 28.1 Å². The third-order valence-electron chi connectivity index (χ3n) is 3.85. The van der Waals surface area contributed by atoms with Gasteiger partial charge in [-0.15, -0.1) is 0 Å². The predicted molar refractivity (Wildman–Crippen MR) is 99.8 cm³/mol. The van der Waals surface area contributed by atoms with E-state index in [0.29, 0.717) is 19.4 Å². The molecule has 1 aliphatic rings. The van der Waals surface area contributed by atoms with Gasteiger partial charge in [-0.3, -0.25) is 14.9 Å². The van der Waals surface area contributed by atoms with Crippen LogP contribution in [0.4, 0.5) is 24.7 Å². The zero-order valence-electron chi connectivity index (χ0n) is 14.2. The molecule has 1 amide bonds. The van der Waals surface area contributed by atoms with Gasteiger partial charge in [-0.05, 0) is 36.7 Å². The van der Waals surface area contributed by atoms with Crippen molar-refractivity contribution in [2.75, 3.05) is 11.9 Å². The number of amides is 1. The van der Waals surface area contributed by atoms with Crippen LogP contribution in [0.3, 0.4) is 0 Å². The number of benzene rings is 1. The monoisotopic (exact) mass is 470 g/mol. The Kier molecular flexibility index (Phi) is 6.27. The summed E-state index contributed by atoms with van der Waals surface area (Å²) in [5.74, 6) is -0.959. The normalized spacial score (nSPS) is 16.8. The number of ether oxygens (including phenoxy) is 1. The molecule has 0 aliphatic carbocycles. The number of aromatic nitrogens is 2. The molecule has 0 bridgehead atoms. The molecule has 1 aromatic heterocycles. The molecule has 2 aromatic rings. The van der Waals surface area contributed by atoms with Crippen LogP contribution >= 0.6 is 35.0 Å². The number of carbonyl (C=O) groups is 1. The van der Waals surface area contributed by atoms with E-state index in [-0.39, 0.29) is 26.4 Å². The van der Waals surface area contributed by atoms with Crippen molar-refractivity contribution in [1.82, 2.24) is 9.78 Å². The summed E-state index contributed by atoms with van der Waals surface area (Å²) in [4.78, 5) is 22.6. The minimum absolute atomic E-state index is 0.115. The summed E-state index contributed by atoms with van der Waals surface area (Å²) < 4.78 is 43.9. The van der Waals surface area contributed by atoms with E-state index in [0.717, 1.165) is 23.0 Å². The first-order valence-electron chi connectivity index (χ1n) is 7.97. The Balaban J connectivity index is 2.02. The highest BCUT2D eigenvalue weighted by molar-refractivity contribution is 8.00. The molecule has 2 heterocycles. The van der Waals surface area contributed by atoms with Crippen molar-refractivity contribution in [2.24, 2.45) is 0 Å². The third-order valence-corrected chi connectivity index (χ3v) is 5.13. The van der Waals surface area contributed by atoms with E-state index in [2.05, 4.69) is 10.4 Å². The lowest BCUT2D eigenvalue weighted by Crippen LogP contribution is -2.28. The average molecular weight is 471 g/mol. The summed E-state index contributed by atoms with van der Waals surface area (Å²) in [6.07, 6.45) is 1.19. The van der Waals surface area contributed by atoms with Crippen LogP contribution in [0.2, 0.25) is 10.0 Å². The molecule has 29 heavy (non-hydrogen) atoms. The van der Waals surface area contributed by atoms with Gasteiger partial charge in [0.2, 0.25) is 5.82 Å². The van der Waals surface area contributed by atoms with Crippen molar-refractivity contribution in [3.63, 3.8) is 0 Å². The molecule has 0 spiro atoms. The highest BCUT2D eigenvalue weighted by Gasteiger charge is 2.32. The van der Waals surface area contributed by atoms with Crippen molar-refractivity contribution in [2.45, 2.75) is 29.3 Å². The van der Waals surface area contributed by atoms with Crippen molar-refractivity contribution in [3.05, 3.63) is 38.5 Å². The van der Waals surface area contributed by atoms with Crippen molar-refractivity contribution < 1.29 is 27.6 Å². The Bertz CT molecular complexity index is 941. The summed E-state index contributed by atoms with van der Waals surface area (Å²) in [5, 5.41) is 17.1. The molecule has 1 fully saturated rings. The molecule has 1 atom stereocenters. The number of hydrogen-bond acceptors (Lipinski definition) is 6. The Morgan fingerprint density at radius 3 is 2.55 bits per heavy atom. The number of nitrogens with zero attached hydrogens (tertiary/aromatic N) is 3. The van der Waals surface area contributed by atoms with Crippen LogP contribution in [-0.2, 0) is 9.53 Å². The third kappa shape index (κ3) is 4.94. The number of alkyl halides is 3. The van der Waals surface area contributed by atoms with E-state index in [1.807, 2.05) is 0 Å². The molecule has 1 aromatic carbocycles. The highest BCUT2D eigenvalue weighted by atomic mass is 35.5. The number of rotatable bonds is 5. The molecule has 156 valence electrons. The summed E-state index contributed by atoms with van der Waals surface area (Å²) >= 11 is 11.8. The van der Waals surface area contributed by atoms with Crippen LogP contribution < -0.4 is 5.32 Å². The van der Waals surface area contributed by atoms with Crippen LogP contribution in [0.1, 0.15) is 12.8 Å². The number of nitro groups is 1. The van der Waals surface area contributed by atoms with Crippen LogP contribution in [0, 0.1) is 10.1 Å². The zero-order valence-corrected chi connectivity index (χ0v) is 16.5. The number of thioether (sulfide) groups is 1. The lowest BCUT2D eigenvalue weighted by Gasteiger charge is -2.15. The van der Waals surface area contributed by atoms with Gasteiger partial charge in [-0.1, -0.05) is 23.2 Å². The topological polar surface area (TPSA) is 99.3 Å². The van der Waals surface area contributed by atoms with Crippen LogP contribution in [-0.4, -0.2) is 38.8 Å². The molecule has 3 rings (SSSR count). The summed E-state index contributed by atoms with van der Waals surface area (Å²) in [5.41, 5.74) is -5.22. The Labute approximate surface area is 175 Å². The van der Waals surface area contributed by atoms with Gasteiger partial charge in [0.15, 0.2) is 0 Å². The fourth-order valence-corrected chi connectivity index (χ4v) is 4.08. The zero-order chi connectivity index (χ0) is 21.3.